The van der Waals surface area contributed by atoms with Crippen molar-refractivity contribution >= 4 is 11.8 Å². The largest absolute Gasteiger partial charge is 0.296 e. The second-order valence-electron chi connectivity index (χ2n) is 6.77. The number of piperidine rings is 1. The minimum absolute atomic E-state index is 0.0146. The number of nitrogens with one attached hydrogen (secondary N) is 1. The van der Waals surface area contributed by atoms with Gasteiger partial charge in [0.25, 0.3) is 0 Å². The van der Waals surface area contributed by atoms with E-state index in [9.17, 15) is 9.59 Å². The summed E-state index contributed by atoms with van der Waals surface area (Å²) in [4.78, 5) is 23.9. The molecule has 1 N–H and O–H groups in total. The highest BCUT2D eigenvalue weighted by molar-refractivity contribution is 5.99. The quantitative estimate of drug-likeness (QED) is 0.628. The molecule has 19 heavy (non-hydrogen) atoms. The standard InChI is InChI=1S/C16H27NO2/c1-11(2)9-14-13(10-15(18)17-16(14)19)12-7-5-3-4-6-8-12/h11-14H,3-10H2,1-2H3,(H,17,18,19). The fraction of sp³-hybridized carbons (Fsp3) is 0.875. The molecule has 3 nitrogen and oxygen atoms in total. The molecule has 0 aromatic heterocycles. The maximum absolute atomic E-state index is 12.1. The molecule has 0 aromatic carbocycles. The lowest BCUT2D eigenvalue weighted by Crippen LogP contribution is -2.48. The average Bonchev–Trinajstić information content (AvgIpc) is 2.60. The second-order valence-corrected chi connectivity index (χ2v) is 6.77. The number of rotatable bonds is 3. The molecule has 1 heterocycles. The average molecular weight is 265 g/mol. The SMILES string of the molecule is CC(C)CC1C(=O)NC(=O)CC1C1CCCCCC1. The molecule has 1 aliphatic heterocycles. The van der Waals surface area contributed by atoms with Crippen molar-refractivity contribution in [2.45, 2.75) is 65.2 Å². The van der Waals surface area contributed by atoms with Crippen LogP contribution in [-0.4, -0.2) is 11.8 Å². The van der Waals surface area contributed by atoms with Crippen LogP contribution in [0.5, 0.6) is 0 Å². The first-order chi connectivity index (χ1) is 9.08. The number of imide groups is 1. The molecular weight excluding hydrogens is 238 g/mol. The van der Waals surface area contributed by atoms with Crippen molar-refractivity contribution in [3.63, 3.8) is 0 Å². The van der Waals surface area contributed by atoms with Crippen LogP contribution in [0.1, 0.15) is 65.2 Å². The minimum Gasteiger partial charge on any atom is -0.296 e. The summed E-state index contributed by atoms with van der Waals surface area (Å²) in [6, 6.07) is 0. The Bertz CT molecular complexity index is 330. The Hall–Kier alpha value is -0.860. The maximum atomic E-state index is 12.1. The third-order valence-electron chi connectivity index (χ3n) is 4.77. The van der Waals surface area contributed by atoms with Crippen molar-refractivity contribution in [2.24, 2.45) is 23.7 Å². The Balaban J connectivity index is 2.11. The molecule has 0 bridgehead atoms. The van der Waals surface area contributed by atoms with E-state index in [1.54, 1.807) is 0 Å². The zero-order chi connectivity index (χ0) is 13.8. The Morgan fingerprint density at radius 2 is 1.74 bits per heavy atom. The topological polar surface area (TPSA) is 46.2 Å². The third kappa shape index (κ3) is 3.80. The number of hydrogen-bond donors (Lipinski definition) is 1. The molecule has 2 fully saturated rings. The van der Waals surface area contributed by atoms with Gasteiger partial charge in [0.05, 0.1) is 0 Å². The van der Waals surface area contributed by atoms with E-state index in [0.717, 1.165) is 6.42 Å². The number of carbonyl (C=O) groups is 2. The summed E-state index contributed by atoms with van der Waals surface area (Å²) in [5, 5.41) is 2.54. The normalized spacial score (nSPS) is 30.3. The maximum Gasteiger partial charge on any atom is 0.229 e. The first kappa shape index (κ1) is 14.5. The molecule has 108 valence electrons. The summed E-state index contributed by atoms with van der Waals surface area (Å²) in [5.41, 5.74) is 0. The first-order valence-corrected chi connectivity index (χ1v) is 7.91. The Morgan fingerprint density at radius 3 is 2.32 bits per heavy atom. The van der Waals surface area contributed by atoms with Gasteiger partial charge < -0.3 is 0 Å². The summed E-state index contributed by atoms with van der Waals surface area (Å²) in [6.07, 6.45) is 9.07. The molecule has 1 aliphatic carbocycles. The first-order valence-electron chi connectivity index (χ1n) is 7.91. The highest BCUT2D eigenvalue weighted by Gasteiger charge is 2.40. The lowest BCUT2D eigenvalue weighted by molar-refractivity contribution is -0.141. The number of carbonyl (C=O) groups excluding carboxylic acids is 2. The van der Waals surface area contributed by atoms with E-state index in [0.29, 0.717) is 24.2 Å². The molecule has 1 saturated heterocycles. The summed E-state index contributed by atoms with van der Waals surface area (Å²) >= 11 is 0. The van der Waals surface area contributed by atoms with Crippen LogP contribution in [0.2, 0.25) is 0 Å². The van der Waals surface area contributed by atoms with E-state index in [4.69, 9.17) is 0 Å². The van der Waals surface area contributed by atoms with Gasteiger partial charge in [-0.1, -0.05) is 52.4 Å². The van der Waals surface area contributed by atoms with Crippen LogP contribution >= 0.6 is 0 Å². The van der Waals surface area contributed by atoms with Crippen LogP contribution in [0.25, 0.3) is 0 Å². The van der Waals surface area contributed by atoms with Crippen molar-refractivity contribution in [1.82, 2.24) is 5.32 Å². The van der Waals surface area contributed by atoms with Gasteiger partial charge >= 0.3 is 0 Å². The summed E-state index contributed by atoms with van der Waals surface area (Å²) in [5.74, 6) is 1.37. The van der Waals surface area contributed by atoms with Crippen LogP contribution < -0.4 is 5.32 Å². The Morgan fingerprint density at radius 1 is 1.11 bits per heavy atom. The molecule has 2 rings (SSSR count). The summed E-state index contributed by atoms with van der Waals surface area (Å²) in [7, 11) is 0. The molecule has 3 heteroatoms. The lowest BCUT2D eigenvalue weighted by atomic mass is 9.71. The Kier molecular flexibility index (Phi) is 5.00. The van der Waals surface area contributed by atoms with Crippen molar-refractivity contribution in [3.8, 4) is 0 Å². The van der Waals surface area contributed by atoms with Gasteiger partial charge in [0, 0.05) is 12.3 Å². The molecule has 0 aromatic rings. The van der Waals surface area contributed by atoms with E-state index in [2.05, 4.69) is 19.2 Å². The zero-order valence-corrected chi connectivity index (χ0v) is 12.3. The number of hydrogen-bond acceptors (Lipinski definition) is 2. The van der Waals surface area contributed by atoms with Gasteiger partial charge in [0.1, 0.15) is 0 Å². The van der Waals surface area contributed by atoms with Crippen LogP contribution in [0.4, 0.5) is 0 Å². The lowest BCUT2D eigenvalue weighted by Gasteiger charge is -2.36. The molecule has 2 aliphatic rings. The van der Waals surface area contributed by atoms with Crippen LogP contribution in [0.3, 0.4) is 0 Å². The van der Waals surface area contributed by atoms with Crippen LogP contribution in [0.15, 0.2) is 0 Å². The Labute approximate surface area is 116 Å². The third-order valence-corrected chi connectivity index (χ3v) is 4.77. The van der Waals surface area contributed by atoms with E-state index < -0.39 is 0 Å². The fourth-order valence-corrected chi connectivity index (χ4v) is 3.86. The van der Waals surface area contributed by atoms with Gasteiger partial charge in [-0.3, -0.25) is 14.9 Å². The monoisotopic (exact) mass is 265 g/mol. The van der Waals surface area contributed by atoms with E-state index >= 15 is 0 Å². The van der Waals surface area contributed by atoms with Crippen molar-refractivity contribution in [2.75, 3.05) is 0 Å². The smallest absolute Gasteiger partial charge is 0.229 e. The van der Waals surface area contributed by atoms with Crippen molar-refractivity contribution in [1.29, 1.82) is 0 Å². The fourth-order valence-electron chi connectivity index (χ4n) is 3.86. The summed E-state index contributed by atoms with van der Waals surface area (Å²) < 4.78 is 0. The van der Waals surface area contributed by atoms with Gasteiger partial charge in [-0.25, -0.2) is 0 Å². The van der Waals surface area contributed by atoms with Gasteiger partial charge in [-0.05, 0) is 24.2 Å². The molecule has 0 spiro atoms. The highest BCUT2D eigenvalue weighted by Crippen LogP contribution is 2.39. The summed E-state index contributed by atoms with van der Waals surface area (Å²) in [6.45, 7) is 4.32. The zero-order valence-electron chi connectivity index (χ0n) is 12.3. The van der Waals surface area contributed by atoms with Gasteiger partial charge in [0.2, 0.25) is 11.8 Å². The molecule has 0 radical (unpaired) electrons. The number of amides is 2. The van der Waals surface area contributed by atoms with Crippen molar-refractivity contribution < 1.29 is 9.59 Å². The van der Waals surface area contributed by atoms with E-state index in [1.807, 2.05) is 0 Å². The van der Waals surface area contributed by atoms with Gasteiger partial charge in [0.15, 0.2) is 0 Å². The predicted octanol–water partition coefficient (Wildman–Crippen LogP) is 3.28. The predicted molar refractivity (Wildman–Crippen MR) is 75.4 cm³/mol. The van der Waals surface area contributed by atoms with Gasteiger partial charge in [-0.2, -0.15) is 0 Å². The molecular formula is C16H27NO2. The van der Waals surface area contributed by atoms with Crippen LogP contribution in [0, 0.1) is 23.7 Å². The highest BCUT2D eigenvalue weighted by atomic mass is 16.2. The minimum atomic E-state index is -0.0562. The molecule has 2 unspecified atom stereocenters. The molecule has 2 atom stereocenters. The molecule has 2 amide bonds. The van der Waals surface area contributed by atoms with E-state index in [-0.39, 0.29) is 17.7 Å². The molecule has 1 saturated carbocycles. The van der Waals surface area contributed by atoms with Crippen molar-refractivity contribution in [3.05, 3.63) is 0 Å². The second kappa shape index (κ2) is 6.53. The van der Waals surface area contributed by atoms with Crippen LogP contribution in [-0.2, 0) is 9.59 Å². The van der Waals surface area contributed by atoms with E-state index in [1.165, 1.54) is 38.5 Å². The van der Waals surface area contributed by atoms with Gasteiger partial charge in [-0.15, -0.1) is 0 Å².